The number of esters is 1. The zero-order chi connectivity index (χ0) is 42.8. The smallest absolute Gasteiger partial charge is 0.408 e. The molecule has 0 aliphatic rings. The quantitative estimate of drug-likeness (QED) is 0.101. The fraction of sp³-hybridized carbons (Fsp3) is 0.467. The Kier molecular flexibility index (Phi) is 18.4. The maximum absolute atomic E-state index is 14.0. The first-order chi connectivity index (χ1) is 27.4. The summed E-state index contributed by atoms with van der Waals surface area (Å²) in [6, 6.07) is 23.5. The molecule has 0 unspecified atom stereocenters. The van der Waals surface area contributed by atoms with Crippen molar-refractivity contribution < 1.29 is 38.2 Å². The Morgan fingerprint density at radius 1 is 0.517 bits per heavy atom. The molecule has 314 valence electrons. The molecule has 5 amide bonds. The summed E-state index contributed by atoms with van der Waals surface area (Å²) >= 11 is 0. The molecule has 0 saturated carbocycles. The van der Waals surface area contributed by atoms with Crippen LogP contribution in [-0.2, 0) is 52.7 Å². The average molecular weight is 800 g/mol. The van der Waals surface area contributed by atoms with E-state index in [-0.39, 0.29) is 43.9 Å². The van der Waals surface area contributed by atoms with Crippen molar-refractivity contribution in [1.82, 2.24) is 26.6 Å². The lowest BCUT2D eigenvalue weighted by atomic mass is 9.97. The molecule has 0 aromatic heterocycles. The van der Waals surface area contributed by atoms with Crippen LogP contribution in [0.3, 0.4) is 0 Å². The normalized spacial score (nSPS) is 13.9. The molecule has 0 aliphatic heterocycles. The summed E-state index contributed by atoms with van der Waals surface area (Å²) in [5.74, 6) is -2.88. The third-order valence-electron chi connectivity index (χ3n) is 9.40. The van der Waals surface area contributed by atoms with Crippen LogP contribution in [0.15, 0.2) is 91.0 Å². The van der Waals surface area contributed by atoms with Gasteiger partial charge in [-0.1, -0.05) is 119 Å². The van der Waals surface area contributed by atoms with Crippen molar-refractivity contribution in [2.24, 2.45) is 11.8 Å². The number of alkyl carbamates (subject to hydrolysis) is 1. The Hall–Kier alpha value is -5.72. The van der Waals surface area contributed by atoms with E-state index in [1.165, 1.54) is 7.11 Å². The molecule has 0 heterocycles. The largest absolute Gasteiger partial charge is 0.467 e. The minimum absolute atomic E-state index is 0.124. The molecule has 3 aromatic carbocycles. The molecule has 58 heavy (non-hydrogen) atoms. The van der Waals surface area contributed by atoms with Crippen molar-refractivity contribution in [3.8, 4) is 0 Å². The second-order valence-electron chi connectivity index (χ2n) is 16.2. The predicted octanol–water partition coefficient (Wildman–Crippen LogP) is 4.81. The van der Waals surface area contributed by atoms with Crippen molar-refractivity contribution in [2.45, 2.75) is 116 Å². The summed E-state index contributed by atoms with van der Waals surface area (Å²) in [5.41, 5.74) is 1.68. The van der Waals surface area contributed by atoms with Crippen LogP contribution in [0.2, 0.25) is 0 Å². The van der Waals surface area contributed by atoms with E-state index in [0.717, 1.165) is 16.7 Å². The molecular formula is C45H61N5O8. The highest BCUT2D eigenvalue weighted by Crippen LogP contribution is 2.14. The SMILES string of the molecule is COC(=O)[C@@H](Cc1ccccc1)NC(=O)C[C@H](NC(=O)[C@@H](Cc1ccccc1)NC(=O)C[C@H](NC(=O)[C@@H](Cc1ccccc1)NC(=O)OC(C)(C)C)C(C)C)C(C)C. The first-order valence-electron chi connectivity index (χ1n) is 19.8. The van der Waals surface area contributed by atoms with Gasteiger partial charge in [0.2, 0.25) is 23.6 Å². The molecule has 0 radical (unpaired) electrons. The number of ether oxygens (including phenoxy) is 2. The van der Waals surface area contributed by atoms with Gasteiger partial charge < -0.3 is 36.1 Å². The van der Waals surface area contributed by atoms with Crippen molar-refractivity contribution in [2.75, 3.05) is 7.11 Å². The molecule has 5 N–H and O–H groups in total. The molecule has 13 nitrogen and oxygen atoms in total. The Balaban J connectivity index is 1.75. The molecule has 5 atom stereocenters. The van der Waals surface area contributed by atoms with E-state index in [0.29, 0.717) is 0 Å². The third kappa shape index (κ3) is 16.8. The minimum atomic E-state index is -1.02. The van der Waals surface area contributed by atoms with Crippen LogP contribution in [0.25, 0.3) is 0 Å². The predicted molar refractivity (Wildman–Crippen MR) is 222 cm³/mol. The average Bonchev–Trinajstić information content (AvgIpc) is 3.16. The van der Waals surface area contributed by atoms with Gasteiger partial charge in [-0.2, -0.15) is 0 Å². The van der Waals surface area contributed by atoms with Crippen LogP contribution >= 0.6 is 0 Å². The number of carbonyl (C=O) groups excluding carboxylic acids is 6. The summed E-state index contributed by atoms with van der Waals surface area (Å²) in [6.07, 6.45) is -0.443. The number of benzene rings is 3. The van der Waals surface area contributed by atoms with Crippen molar-refractivity contribution in [3.05, 3.63) is 108 Å². The standard InChI is InChI=1S/C45H61N5O8/c1-29(2)34(49-42(54)37(25-32-20-14-10-15-21-32)50-44(56)58-45(5,6)7)27-39(51)46-36(24-31-18-12-9-13-19-31)41(53)48-35(30(3)4)28-40(52)47-38(43(55)57-8)26-33-22-16-11-17-23-33/h9-23,29-30,34-38H,24-28H2,1-8H3,(H,46,51)(H,47,52)(H,48,53)(H,49,54)(H,50,56)/t34-,35-,36+,37+,38+/m0/s1. The van der Waals surface area contributed by atoms with Gasteiger partial charge in [-0.25, -0.2) is 9.59 Å². The highest BCUT2D eigenvalue weighted by molar-refractivity contribution is 5.90. The summed E-state index contributed by atoms with van der Waals surface area (Å²) in [4.78, 5) is 80.2. The number of hydrogen-bond donors (Lipinski definition) is 5. The van der Waals surface area contributed by atoms with Crippen LogP contribution in [0.5, 0.6) is 0 Å². The van der Waals surface area contributed by atoms with E-state index in [1.807, 2.05) is 119 Å². The molecule has 13 heteroatoms. The summed E-state index contributed by atoms with van der Waals surface area (Å²) in [6.45, 7) is 12.6. The van der Waals surface area contributed by atoms with Crippen molar-refractivity contribution in [1.29, 1.82) is 0 Å². The van der Waals surface area contributed by atoms with Gasteiger partial charge in [0, 0.05) is 44.2 Å². The lowest BCUT2D eigenvalue weighted by molar-refractivity contribution is -0.145. The van der Waals surface area contributed by atoms with Gasteiger partial charge in [0.1, 0.15) is 23.7 Å². The Labute approximate surface area is 342 Å². The van der Waals surface area contributed by atoms with Crippen LogP contribution in [0.1, 0.15) is 78.0 Å². The van der Waals surface area contributed by atoms with Crippen LogP contribution in [0, 0.1) is 11.8 Å². The second-order valence-corrected chi connectivity index (χ2v) is 16.2. The van der Waals surface area contributed by atoms with Gasteiger partial charge in [0.25, 0.3) is 0 Å². The highest BCUT2D eigenvalue weighted by atomic mass is 16.6. The molecule has 0 fully saturated rings. The zero-order valence-electron chi connectivity index (χ0n) is 35.0. The maximum Gasteiger partial charge on any atom is 0.408 e. The number of rotatable bonds is 20. The summed E-state index contributed by atoms with van der Waals surface area (Å²) in [5, 5.41) is 14.2. The fourth-order valence-electron chi connectivity index (χ4n) is 6.13. The molecule has 3 aromatic rings. The molecule has 0 bridgehead atoms. The van der Waals surface area contributed by atoms with Gasteiger partial charge >= 0.3 is 12.1 Å². The van der Waals surface area contributed by atoms with E-state index in [1.54, 1.807) is 20.8 Å². The van der Waals surface area contributed by atoms with Crippen molar-refractivity contribution in [3.63, 3.8) is 0 Å². The lowest BCUT2D eigenvalue weighted by Crippen LogP contribution is -2.55. The Bertz CT molecular complexity index is 1780. The number of carbonyl (C=O) groups is 6. The Morgan fingerprint density at radius 3 is 1.21 bits per heavy atom. The van der Waals surface area contributed by atoms with Gasteiger partial charge in [-0.3, -0.25) is 19.2 Å². The first-order valence-corrected chi connectivity index (χ1v) is 19.8. The molecular weight excluding hydrogens is 739 g/mol. The first kappa shape index (κ1) is 46.7. The van der Waals surface area contributed by atoms with E-state index in [9.17, 15) is 28.8 Å². The van der Waals surface area contributed by atoms with E-state index >= 15 is 0 Å². The molecule has 0 spiro atoms. The van der Waals surface area contributed by atoms with Gasteiger partial charge in [-0.15, -0.1) is 0 Å². The highest BCUT2D eigenvalue weighted by Gasteiger charge is 2.31. The van der Waals surface area contributed by atoms with Gasteiger partial charge in [-0.05, 0) is 49.3 Å². The summed E-state index contributed by atoms with van der Waals surface area (Å²) in [7, 11) is 1.26. The zero-order valence-corrected chi connectivity index (χ0v) is 35.0. The van der Waals surface area contributed by atoms with Crippen molar-refractivity contribution >= 4 is 35.7 Å². The fourth-order valence-corrected chi connectivity index (χ4v) is 6.13. The van der Waals surface area contributed by atoms with E-state index in [4.69, 9.17) is 9.47 Å². The molecule has 0 aliphatic carbocycles. The maximum atomic E-state index is 14.0. The number of hydrogen-bond acceptors (Lipinski definition) is 8. The van der Waals surface area contributed by atoms with Gasteiger partial charge in [0.15, 0.2) is 0 Å². The minimum Gasteiger partial charge on any atom is -0.467 e. The van der Waals surface area contributed by atoms with E-state index in [2.05, 4.69) is 26.6 Å². The third-order valence-corrected chi connectivity index (χ3v) is 9.40. The topological polar surface area (TPSA) is 181 Å². The number of amides is 5. The monoisotopic (exact) mass is 799 g/mol. The number of methoxy groups -OCH3 is 1. The Morgan fingerprint density at radius 2 is 0.862 bits per heavy atom. The number of nitrogens with one attached hydrogen (secondary N) is 5. The molecule has 0 saturated heterocycles. The van der Waals surface area contributed by atoms with E-state index < -0.39 is 71.5 Å². The van der Waals surface area contributed by atoms with Crippen LogP contribution in [0.4, 0.5) is 4.79 Å². The lowest BCUT2D eigenvalue weighted by Gasteiger charge is -2.28. The van der Waals surface area contributed by atoms with Gasteiger partial charge in [0.05, 0.1) is 7.11 Å². The van der Waals surface area contributed by atoms with Crippen LogP contribution in [-0.4, -0.2) is 78.6 Å². The van der Waals surface area contributed by atoms with Crippen LogP contribution < -0.4 is 26.6 Å². The molecule has 3 rings (SSSR count). The second kappa shape index (κ2) is 22.9. The summed E-state index contributed by atoms with van der Waals surface area (Å²) < 4.78 is 10.4.